The maximum Gasteiger partial charge on any atom is 0.136 e. The van der Waals surface area contributed by atoms with Gasteiger partial charge >= 0.3 is 0 Å². The second kappa shape index (κ2) is 3.68. The van der Waals surface area contributed by atoms with E-state index in [4.69, 9.17) is 16.9 Å². The Morgan fingerprint density at radius 1 is 1.46 bits per heavy atom. The zero-order valence-corrected chi connectivity index (χ0v) is 8.26. The summed E-state index contributed by atoms with van der Waals surface area (Å²) < 4.78 is 0. The van der Waals surface area contributed by atoms with Crippen LogP contribution in [0.25, 0.3) is 0 Å². The molecule has 1 aromatic rings. The minimum Gasteiger partial charge on any atom is -0.506 e. The van der Waals surface area contributed by atoms with Crippen molar-refractivity contribution in [2.24, 2.45) is 0 Å². The Balaban J connectivity index is 3.38. The van der Waals surface area contributed by atoms with E-state index in [1.165, 1.54) is 6.07 Å². The van der Waals surface area contributed by atoms with E-state index in [1.807, 2.05) is 19.9 Å². The molecule has 0 aromatic heterocycles. The van der Waals surface area contributed by atoms with Crippen molar-refractivity contribution in [3.05, 3.63) is 28.3 Å². The molecule has 0 saturated heterocycles. The second-order valence-electron chi connectivity index (χ2n) is 3.16. The highest BCUT2D eigenvalue weighted by atomic mass is 35.5. The molecule has 0 radical (unpaired) electrons. The summed E-state index contributed by atoms with van der Waals surface area (Å²) in [6, 6.07) is 5.04. The predicted octanol–water partition coefficient (Wildman–Crippen LogP) is 3.04. The molecule has 0 fully saturated rings. The molecule has 0 aliphatic carbocycles. The standard InChI is InChI=1S/C10H10ClNO/c1-6(2)9-4-8(11)3-7(5-12)10(9)13/h3-4,6,13H,1-2H3. The van der Waals surface area contributed by atoms with Crippen LogP contribution in [-0.4, -0.2) is 5.11 Å². The molecule has 0 atom stereocenters. The summed E-state index contributed by atoms with van der Waals surface area (Å²) in [7, 11) is 0. The van der Waals surface area contributed by atoms with Crippen LogP contribution in [0, 0.1) is 11.3 Å². The summed E-state index contributed by atoms with van der Waals surface area (Å²) in [6.07, 6.45) is 0. The number of hydrogen-bond donors (Lipinski definition) is 1. The number of benzene rings is 1. The SMILES string of the molecule is CC(C)c1cc(Cl)cc(C#N)c1O. The Morgan fingerprint density at radius 3 is 2.54 bits per heavy atom. The van der Waals surface area contributed by atoms with Crippen LogP contribution in [0.2, 0.25) is 5.02 Å². The molecule has 0 saturated carbocycles. The van der Waals surface area contributed by atoms with Crippen molar-refractivity contribution in [2.45, 2.75) is 19.8 Å². The van der Waals surface area contributed by atoms with Crippen LogP contribution < -0.4 is 0 Å². The first kappa shape index (κ1) is 9.88. The number of phenols is 1. The fourth-order valence-electron chi connectivity index (χ4n) is 1.15. The number of rotatable bonds is 1. The first-order valence-corrected chi connectivity index (χ1v) is 4.36. The van der Waals surface area contributed by atoms with Crippen LogP contribution in [0.15, 0.2) is 12.1 Å². The van der Waals surface area contributed by atoms with E-state index in [0.717, 1.165) is 0 Å². The Kier molecular flexibility index (Phi) is 2.79. The summed E-state index contributed by atoms with van der Waals surface area (Å²) in [4.78, 5) is 0. The maximum absolute atomic E-state index is 9.60. The zero-order chi connectivity index (χ0) is 10.0. The lowest BCUT2D eigenvalue weighted by molar-refractivity contribution is 0.463. The van der Waals surface area contributed by atoms with Crippen molar-refractivity contribution >= 4 is 11.6 Å². The summed E-state index contributed by atoms with van der Waals surface area (Å²) in [6.45, 7) is 3.87. The molecule has 0 bridgehead atoms. The number of nitriles is 1. The van der Waals surface area contributed by atoms with E-state index in [9.17, 15) is 5.11 Å². The Bertz CT molecular complexity index is 366. The van der Waals surface area contributed by atoms with Gasteiger partial charge in [-0.25, -0.2) is 0 Å². The molecule has 13 heavy (non-hydrogen) atoms. The largest absolute Gasteiger partial charge is 0.506 e. The van der Waals surface area contributed by atoms with Gasteiger partial charge in [0.1, 0.15) is 11.8 Å². The van der Waals surface area contributed by atoms with Gasteiger partial charge in [-0.15, -0.1) is 0 Å². The molecule has 68 valence electrons. The molecule has 1 N–H and O–H groups in total. The van der Waals surface area contributed by atoms with Crippen molar-refractivity contribution in [3.8, 4) is 11.8 Å². The zero-order valence-electron chi connectivity index (χ0n) is 7.50. The fourth-order valence-corrected chi connectivity index (χ4v) is 1.37. The third-order valence-electron chi connectivity index (χ3n) is 1.85. The third-order valence-corrected chi connectivity index (χ3v) is 2.06. The van der Waals surface area contributed by atoms with Crippen molar-refractivity contribution in [1.29, 1.82) is 5.26 Å². The van der Waals surface area contributed by atoms with Gasteiger partial charge in [0.25, 0.3) is 0 Å². The van der Waals surface area contributed by atoms with E-state index in [2.05, 4.69) is 0 Å². The average Bonchev–Trinajstić information content (AvgIpc) is 2.08. The molecule has 2 nitrogen and oxygen atoms in total. The van der Waals surface area contributed by atoms with E-state index < -0.39 is 0 Å². The van der Waals surface area contributed by atoms with Crippen LogP contribution in [0.4, 0.5) is 0 Å². The molecule has 0 aliphatic heterocycles. The first-order chi connectivity index (χ1) is 6.06. The van der Waals surface area contributed by atoms with Crippen LogP contribution in [-0.2, 0) is 0 Å². The van der Waals surface area contributed by atoms with Gasteiger partial charge in [-0.2, -0.15) is 5.26 Å². The molecule has 1 rings (SSSR count). The minimum absolute atomic E-state index is 0.0434. The Hall–Kier alpha value is -1.20. The van der Waals surface area contributed by atoms with E-state index in [1.54, 1.807) is 6.07 Å². The number of nitrogens with zero attached hydrogens (tertiary/aromatic N) is 1. The molecular formula is C10H10ClNO. The predicted molar refractivity (Wildman–Crippen MR) is 51.9 cm³/mol. The summed E-state index contributed by atoms with van der Waals surface area (Å²) >= 11 is 5.78. The van der Waals surface area contributed by atoms with Crippen LogP contribution in [0.5, 0.6) is 5.75 Å². The fraction of sp³-hybridized carbons (Fsp3) is 0.300. The lowest BCUT2D eigenvalue weighted by Crippen LogP contribution is -1.90. The monoisotopic (exact) mass is 195 g/mol. The Morgan fingerprint density at radius 2 is 2.08 bits per heavy atom. The van der Waals surface area contributed by atoms with Gasteiger partial charge < -0.3 is 5.11 Å². The van der Waals surface area contributed by atoms with Crippen molar-refractivity contribution in [2.75, 3.05) is 0 Å². The summed E-state index contributed by atoms with van der Waals surface area (Å²) in [5, 5.41) is 18.8. The van der Waals surface area contributed by atoms with Crippen molar-refractivity contribution in [3.63, 3.8) is 0 Å². The number of phenolic OH excluding ortho intramolecular Hbond substituents is 1. The van der Waals surface area contributed by atoms with Gasteiger partial charge in [-0.05, 0) is 23.6 Å². The number of hydrogen-bond acceptors (Lipinski definition) is 2. The Labute approximate surface area is 82.4 Å². The quantitative estimate of drug-likeness (QED) is 0.749. The molecule has 0 aliphatic rings. The van der Waals surface area contributed by atoms with Crippen LogP contribution >= 0.6 is 11.6 Å². The van der Waals surface area contributed by atoms with Crippen molar-refractivity contribution in [1.82, 2.24) is 0 Å². The van der Waals surface area contributed by atoms with Gasteiger partial charge in [0.15, 0.2) is 0 Å². The highest BCUT2D eigenvalue weighted by molar-refractivity contribution is 6.30. The summed E-state index contributed by atoms with van der Waals surface area (Å²) in [5.41, 5.74) is 0.945. The lowest BCUT2D eigenvalue weighted by Gasteiger charge is -2.09. The normalized spacial score (nSPS) is 10.1. The average molecular weight is 196 g/mol. The molecule has 0 unspecified atom stereocenters. The van der Waals surface area contributed by atoms with Crippen LogP contribution in [0.3, 0.4) is 0 Å². The van der Waals surface area contributed by atoms with E-state index >= 15 is 0 Å². The van der Waals surface area contributed by atoms with Gasteiger partial charge in [-0.3, -0.25) is 0 Å². The molecular weight excluding hydrogens is 186 g/mol. The van der Waals surface area contributed by atoms with Gasteiger partial charge in [0.2, 0.25) is 0 Å². The van der Waals surface area contributed by atoms with Gasteiger partial charge in [0.05, 0.1) is 5.56 Å². The molecule has 3 heteroatoms. The second-order valence-corrected chi connectivity index (χ2v) is 3.59. The molecule has 0 amide bonds. The third kappa shape index (κ3) is 1.93. The molecule has 0 spiro atoms. The highest BCUT2D eigenvalue weighted by Gasteiger charge is 2.11. The number of aromatic hydroxyl groups is 1. The van der Waals surface area contributed by atoms with E-state index in [-0.39, 0.29) is 17.2 Å². The van der Waals surface area contributed by atoms with Gasteiger partial charge in [-0.1, -0.05) is 25.4 Å². The minimum atomic E-state index is 0.0434. The van der Waals surface area contributed by atoms with Crippen LogP contribution in [0.1, 0.15) is 30.9 Å². The van der Waals surface area contributed by atoms with E-state index in [0.29, 0.717) is 10.6 Å². The smallest absolute Gasteiger partial charge is 0.136 e. The van der Waals surface area contributed by atoms with Gasteiger partial charge in [0, 0.05) is 5.02 Å². The number of halogens is 1. The maximum atomic E-state index is 9.60. The highest BCUT2D eigenvalue weighted by Crippen LogP contribution is 2.31. The topological polar surface area (TPSA) is 44.0 Å². The molecule has 1 aromatic carbocycles. The first-order valence-electron chi connectivity index (χ1n) is 3.98. The molecule has 0 heterocycles. The van der Waals surface area contributed by atoms with Crippen molar-refractivity contribution < 1.29 is 5.11 Å². The summed E-state index contributed by atoms with van der Waals surface area (Å²) in [5.74, 6) is 0.202. The lowest BCUT2D eigenvalue weighted by atomic mass is 9.99.